The molecule has 0 atom stereocenters. The first-order valence-electron chi connectivity index (χ1n) is 7.43. The Kier molecular flexibility index (Phi) is 3.82. The lowest BCUT2D eigenvalue weighted by Crippen LogP contribution is -1.99. The van der Waals surface area contributed by atoms with Gasteiger partial charge in [-0.05, 0) is 19.9 Å². The van der Waals surface area contributed by atoms with Crippen LogP contribution in [0.15, 0.2) is 42.7 Å². The van der Waals surface area contributed by atoms with Gasteiger partial charge in [-0.1, -0.05) is 29.8 Å². The summed E-state index contributed by atoms with van der Waals surface area (Å²) in [6, 6.07) is 12.1. The Balaban J connectivity index is 2.17. The van der Waals surface area contributed by atoms with Crippen LogP contribution in [0.4, 0.5) is 5.82 Å². The van der Waals surface area contributed by atoms with Crippen LogP contribution < -0.4 is 5.73 Å². The Labute approximate surface area is 135 Å². The number of pyridine rings is 1. The summed E-state index contributed by atoms with van der Waals surface area (Å²) in [5.41, 5.74) is 10.9. The number of rotatable bonds is 3. The van der Waals surface area contributed by atoms with Gasteiger partial charge in [-0.2, -0.15) is 10.4 Å². The molecule has 1 aromatic carbocycles. The average Bonchev–Trinajstić information content (AvgIpc) is 3.03. The van der Waals surface area contributed by atoms with Gasteiger partial charge in [0.05, 0.1) is 11.9 Å². The highest BCUT2D eigenvalue weighted by Gasteiger charge is 2.14. The van der Waals surface area contributed by atoms with Gasteiger partial charge < -0.3 is 5.73 Å². The van der Waals surface area contributed by atoms with E-state index in [1.807, 2.05) is 55.1 Å². The highest BCUT2D eigenvalue weighted by Crippen LogP contribution is 2.31. The largest absolute Gasteiger partial charge is 0.383 e. The Bertz CT molecular complexity index is 885. The summed E-state index contributed by atoms with van der Waals surface area (Å²) in [5, 5.41) is 13.7. The highest BCUT2D eigenvalue weighted by molar-refractivity contribution is 5.79. The van der Waals surface area contributed by atoms with Crippen molar-refractivity contribution in [2.75, 3.05) is 5.73 Å². The van der Waals surface area contributed by atoms with Crippen LogP contribution in [0.25, 0.3) is 22.4 Å². The van der Waals surface area contributed by atoms with Gasteiger partial charge in [0.25, 0.3) is 0 Å². The fraction of sp³-hybridized carbons (Fsp3) is 0.167. The molecule has 3 rings (SSSR count). The van der Waals surface area contributed by atoms with Crippen LogP contribution in [0.3, 0.4) is 0 Å². The van der Waals surface area contributed by atoms with Crippen LogP contribution >= 0.6 is 0 Å². The fourth-order valence-corrected chi connectivity index (χ4v) is 2.46. The Morgan fingerprint density at radius 2 is 1.96 bits per heavy atom. The minimum absolute atomic E-state index is 0.241. The van der Waals surface area contributed by atoms with Crippen LogP contribution in [0.5, 0.6) is 0 Å². The summed E-state index contributed by atoms with van der Waals surface area (Å²) in [6.07, 6.45) is 3.66. The molecule has 2 heterocycles. The van der Waals surface area contributed by atoms with Crippen molar-refractivity contribution in [2.45, 2.75) is 20.4 Å². The van der Waals surface area contributed by atoms with Gasteiger partial charge in [0.15, 0.2) is 0 Å². The van der Waals surface area contributed by atoms with Gasteiger partial charge in [0.2, 0.25) is 0 Å². The first-order valence-corrected chi connectivity index (χ1v) is 7.43. The maximum absolute atomic E-state index is 9.43. The van der Waals surface area contributed by atoms with E-state index in [-0.39, 0.29) is 5.82 Å². The van der Waals surface area contributed by atoms with Crippen molar-refractivity contribution in [1.82, 2.24) is 14.8 Å². The van der Waals surface area contributed by atoms with E-state index in [0.717, 1.165) is 28.9 Å². The number of nitrogen functional groups attached to an aromatic ring is 1. The fourth-order valence-electron chi connectivity index (χ4n) is 2.46. The molecule has 0 bridgehead atoms. The molecule has 0 aliphatic rings. The lowest BCUT2D eigenvalue weighted by Gasteiger charge is -2.09. The van der Waals surface area contributed by atoms with Crippen LogP contribution in [0.2, 0.25) is 0 Å². The first kappa shape index (κ1) is 14.8. The minimum Gasteiger partial charge on any atom is -0.383 e. The third-order valence-corrected chi connectivity index (χ3v) is 3.77. The Hall–Kier alpha value is -3.13. The van der Waals surface area contributed by atoms with E-state index in [0.29, 0.717) is 5.56 Å². The van der Waals surface area contributed by atoms with E-state index in [4.69, 9.17) is 5.73 Å². The van der Waals surface area contributed by atoms with Crippen LogP contribution in [0.1, 0.15) is 18.1 Å². The molecule has 2 aromatic heterocycles. The van der Waals surface area contributed by atoms with Crippen molar-refractivity contribution < 1.29 is 0 Å². The van der Waals surface area contributed by atoms with E-state index in [9.17, 15) is 5.26 Å². The maximum atomic E-state index is 9.43. The second-order valence-corrected chi connectivity index (χ2v) is 5.38. The summed E-state index contributed by atoms with van der Waals surface area (Å²) in [5.74, 6) is 0.241. The van der Waals surface area contributed by atoms with Crippen molar-refractivity contribution in [2.24, 2.45) is 0 Å². The number of hydrogen-bond donors (Lipinski definition) is 1. The molecule has 3 aromatic rings. The molecular formula is C18H17N5. The number of nitriles is 1. The summed E-state index contributed by atoms with van der Waals surface area (Å²) in [7, 11) is 0. The zero-order chi connectivity index (χ0) is 16.4. The van der Waals surface area contributed by atoms with Gasteiger partial charge in [0, 0.05) is 29.4 Å². The maximum Gasteiger partial charge on any atom is 0.142 e. The standard InChI is InChI=1S/C18H17N5/c1-3-23-11-14(10-21-23)15-8-17(22-18(20)16(15)9-19)13-6-4-12(2)5-7-13/h4-8,10-11H,3H2,1-2H3,(H2,20,22). The summed E-state index contributed by atoms with van der Waals surface area (Å²) in [6.45, 7) is 4.82. The van der Waals surface area contributed by atoms with E-state index in [1.54, 1.807) is 6.20 Å². The number of aromatic nitrogens is 3. The molecule has 5 heteroatoms. The Morgan fingerprint density at radius 1 is 1.22 bits per heavy atom. The van der Waals surface area contributed by atoms with Gasteiger partial charge >= 0.3 is 0 Å². The van der Waals surface area contributed by atoms with E-state index in [1.165, 1.54) is 5.56 Å². The van der Waals surface area contributed by atoms with Gasteiger partial charge in [-0.3, -0.25) is 4.68 Å². The molecule has 23 heavy (non-hydrogen) atoms. The number of nitrogens with two attached hydrogens (primary N) is 1. The molecule has 114 valence electrons. The van der Waals surface area contributed by atoms with Crippen LogP contribution in [-0.2, 0) is 6.54 Å². The molecule has 0 saturated heterocycles. The SMILES string of the molecule is CCn1cc(-c2cc(-c3ccc(C)cc3)nc(N)c2C#N)cn1. The number of benzene rings is 1. The molecule has 0 fully saturated rings. The number of aryl methyl sites for hydroxylation is 2. The topological polar surface area (TPSA) is 80.5 Å². The molecule has 5 nitrogen and oxygen atoms in total. The monoisotopic (exact) mass is 303 g/mol. The van der Waals surface area contributed by atoms with E-state index < -0.39 is 0 Å². The summed E-state index contributed by atoms with van der Waals surface area (Å²) in [4.78, 5) is 4.39. The van der Waals surface area contributed by atoms with Crippen LogP contribution in [-0.4, -0.2) is 14.8 Å². The van der Waals surface area contributed by atoms with Gasteiger partial charge in [-0.15, -0.1) is 0 Å². The summed E-state index contributed by atoms with van der Waals surface area (Å²) >= 11 is 0. The third kappa shape index (κ3) is 2.79. The van der Waals surface area contributed by atoms with Gasteiger partial charge in [0.1, 0.15) is 17.5 Å². The zero-order valence-electron chi connectivity index (χ0n) is 13.1. The van der Waals surface area contributed by atoms with E-state index >= 15 is 0 Å². The smallest absolute Gasteiger partial charge is 0.142 e. The average molecular weight is 303 g/mol. The highest BCUT2D eigenvalue weighted by atomic mass is 15.3. The molecule has 0 unspecified atom stereocenters. The molecule has 0 amide bonds. The second-order valence-electron chi connectivity index (χ2n) is 5.38. The quantitative estimate of drug-likeness (QED) is 0.804. The molecule has 0 saturated carbocycles. The lowest BCUT2D eigenvalue weighted by atomic mass is 10.0. The van der Waals surface area contributed by atoms with E-state index in [2.05, 4.69) is 16.2 Å². The molecule has 0 radical (unpaired) electrons. The number of hydrogen-bond acceptors (Lipinski definition) is 4. The molecule has 0 spiro atoms. The molecular weight excluding hydrogens is 286 g/mol. The van der Waals surface area contributed by atoms with Crippen molar-refractivity contribution in [3.8, 4) is 28.5 Å². The normalized spacial score (nSPS) is 10.5. The van der Waals surface area contributed by atoms with Crippen molar-refractivity contribution in [3.05, 3.63) is 53.9 Å². The summed E-state index contributed by atoms with van der Waals surface area (Å²) < 4.78 is 1.82. The van der Waals surface area contributed by atoms with Crippen molar-refractivity contribution in [3.63, 3.8) is 0 Å². The third-order valence-electron chi connectivity index (χ3n) is 3.77. The predicted octanol–water partition coefficient (Wildman–Crippen LogP) is 3.39. The molecule has 0 aliphatic carbocycles. The number of anilines is 1. The minimum atomic E-state index is 0.241. The van der Waals surface area contributed by atoms with Crippen molar-refractivity contribution >= 4 is 5.82 Å². The van der Waals surface area contributed by atoms with Gasteiger partial charge in [-0.25, -0.2) is 4.98 Å². The second kappa shape index (κ2) is 5.93. The zero-order valence-corrected chi connectivity index (χ0v) is 13.1. The Morgan fingerprint density at radius 3 is 2.57 bits per heavy atom. The number of nitrogens with zero attached hydrogens (tertiary/aromatic N) is 4. The molecule has 0 aliphatic heterocycles. The lowest BCUT2D eigenvalue weighted by molar-refractivity contribution is 0.660. The van der Waals surface area contributed by atoms with Crippen molar-refractivity contribution in [1.29, 1.82) is 5.26 Å². The first-order chi connectivity index (χ1) is 11.1. The van der Waals surface area contributed by atoms with Crippen LogP contribution in [0, 0.1) is 18.3 Å². The predicted molar refractivity (Wildman–Crippen MR) is 90.4 cm³/mol. The molecule has 2 N–H and O–H groups in total.